The summed E-state index contributed by atoms with van der Waals surface area (Å²) in [5.74, 6) is 0.662. The highest BCUT2D eigenvalue weighted by atomic mass is 35.5. The van der Waals surface area contributed by atoms with Crippen molar-refractivity contribution in [2.45, 2.75) is 18.4 Å². The van der Waals surface area contributed by atoms with Crippen LogP contribution in [0, 0.1) is 6.92 Å². The van der Waals surface area contributed by atoms with E-state index in [1.54, 1.807) is 18.9 Å². The second-order valence-corrected chi connectivity index (χ2v) is 10.6. The molecule has 0 bridgehead atoms. The molecule has 0 aromatic heterocycles. The fourth-order valence-electron chi connectivity index (χ4n) is 3.23. The van der Waals surface area contributed by atoms with Crippen LogP contribution >= 0.6 is 23.2 Å². The van der Waals surface area contributed by atoms with E-state index in [0.29, 0.717) is 17.1 Å². The smallest absolute Gasteiger partial charge is 0.246 e. The molecule has 0 aliphatic carbocycles. The Morgan fingerprint density at radius 1 is 1.15 bits per heavy atom. The zero-order valence-electron chi connectivity index (χ0n) is 18.7. The molecule has 0 atom stereocenters. The molecule has 2 aromatic carbocycles. The number of carbonyl (C=O) groups is 1. The predicted molar refractivity (Wildman–Crippen MR) is 132 cm³/mol. The number of hydrogen-bond acceptors (Lipinski definition) is 5. The van der Waals surface area contributed by atoms with Crippen LogP contribution in [0.15, 0.2) is 58.4 Å². The van der Waals surface area contributed by atoms with Crippen LogP contribution in [0.2, 0.25) is 10.0 Å². The van der Waals surface area contributed by atoms with E-state index in [9.17, 15) is 13.2 Å². The van der Waals surface area contributed by atoms with Crippen LogP contribution in [0.4, 0.5) is 0 Å². The summed E-state index contributed by atoms with van der Waals surface area (Å²) in [6.07, 6.45) is 2.88. The van der Waals surface area contributed by atoms with Gasteiger partial charge in [0.1, 0.15) is 10.7 Å². The van der Waals surface area contributed by atoms with Crippen molar-refractivity contribution in [3.63, 3.8) is 0 Å². The first kappa shape index (κ1) is 25.2. The van der Waals surface area contributed by atoms with Gasteiger partial charge in [-0.2, -0.15) is 4.31 Å². The van der Waals surface area contributed by atoms with E-state index in [-0.39, 0.29) is 22.4 Å². The van der Waals surface area contributed by atoms with Gasteiger partial charge in [-0.15, -0.1) is 0 Å². The normalized spacial score (nSPS) is 13.9. The molecule has 0 saturated heterocycles. The average Bonchev–Trinajstić information content (AvgIpc) is 3.31. The fourth-order valence-corrected chi connectivity index (χ4v) is 5.16. The number of nitrogens with zero attached hydrogens (tertiary/aromatic N) is 3. The minimum atomic E-state index is -3.84. The molecule has 0 spiro atoms. The number of likely N-dealkylation sites (N-methyl/N-ethyl adjacent to an activating group) is 2. The number of aryl methyl sites for hydroxylation is 1. The summed E-state index contributed by atoms with van der Waals surface area (Å²) in [6.45, 7) is 3.79. The Bertz CT molecular complexity index is 1190. The van der Waals surface area contributed by atoms with Gasteiger partial charge >= 0.3 is 0 Å². The van der Waals surface area contributed by atoms with Crippen molar-refractivity contribution in [1.82, 2.24) is 14.5 Å². The largest absolute Gasteiger partial charge is 0.368 e. The second kappa shape index (κ2) is 10.7. The number of hydrogen-bond donors (Lipinski definition) is 1. The number of amidine groups is 1. The van der Waals surface area contributed by atoms with Crippen LogP contribution in [0.3, 0.4) is 0 Å². The summed E-state index contributed by atoms with van der Waals surface area (Å²) in [6, 6.07) is 10.7. The van der Waals surface area contributed by atoms with E-state index in [4.69, 9.17) is 23.2 Å². The van der Waals surface area contributed by atoms with Crippen LogP contribution < -0.4 is 5.32 Å². The van der Waals surface area contributed by atoms with Gasteiger partial charge in [-0.25, -0.2) is 8.42 Å². The van der Waals surface area contributed by atoms with Crippen molar-refractivity contribution in [2.75, 3.05) is 33.7 Å². The highest BCUT2D eigenvalue weighted by molar-refractivity contribution is 7.89. The molecule has 2 aromatic rings. The molecule has 1 heterocycles. The van der Waals surface area contributed by atoms with Gasteiger partial charge < -0.3 is 10.2 Å². The number of halogens is 2. The number of carbonyl (C=O) groups excluding carboxylic acids is 1. The van der Waals surface area contributed by atoms with Gasteiger partial charge in [0, 0.05) is 50.4 Å². The Morgan fingerprint density at radius 3 is 2.48 bits per heavy atom. The van der Waals surface area contributed by atoms with Crippen LogP contribution in [0.5, 0.6) is 0 Å². The number of amides is 1. The molecule has 1 amide bonds. The summed E-state index contributed by atoms with van der Waals surface area (Å²) in [5.41, 5.74) is 2.61. The number of rotatable bonds is 8. The van der Waals surface area contributed by atoms with Crippen molar-refractivity contribution < 1.29 is 13.2 Å². The lowest BCUT2D eigenvalue weighted by Crippen LogP contribution is -2.28. The first-order valence-electron chi connectivity index (χ1n) is 10.3. The van der Waals surface area contributed by atoms with Crippen molar-refractivity contribution in [3.8, 4) is 0 Å². The zero-order valence-corrected chi connectivity index (χ0v) is 21.0. The summed E-state index contributed by atoms with van der Waals surface area (Å²) in [7, 11) is -0.711. The molecule has 0 fully saturated rings. The van der Waals surface area contributed by atoms with Gasteiger partial charge in [0.05, 0.1) is 11.6 Å². The lowest BCUT2D eigenvalue weighted by Gasteiger charge is -2.18. The van der Waals surface area contributed by atoms with Crippen molar-refractivity contribution in [2.24, 2.45) is 4.99 Å². The fraction of sp³-hybridized carbons (Fsp3) is 0.304. The molecule has 0 unspecified atom stereocenters. The third-order valence-electron chi connectivity index (χ3n) is 5.22. The monoisotopic (exact) mass is 508 g/mol. The topological polar surface area (TPSA) is 82.1 Å². The quantitative estimate of drug-likeness (QED) is 0.553. The molecule has 7 nitrogen and oxygen atoms in total. The van der Waals surface area contributed by atoms with Gasteiger partial charge in [-0.3, -0.25) is 9.79 Å². The van der Waals surface area contributed by atoms with E-state index in [1.807, 2.05) is 24.3 Å². The van der Waals surface area contributed by atoms with Crippen molar-refractivity contribution in [1.29, 1.82) is 0 Å². The summed E-state index contributed by atoms with van der Waals surface area (Å²) in [4.78, 5) is 18.4. The average molecular weight is 509 g/mol. The third-order valence-corrected chi connectivity index (χ3v) is 7.92. The maximum atomic E-state index is 12.8. The van der Waals surface area contributed by atoms with Crippen molar-refractivity contribution >= 4 is 45.0 Å². The standard InChI is InChI=1S/C23H26Cl2N4O3S/c1-16-13-21(20(25)14-19(16)24)33(31,32)29(3)12-4-5-22(30)28(2)15-17-6-8-18(9-7-17)23-26-10-11-27-23/h4-9,13-14H,10-12,15H2,1-3H3,(H,26,27). The molecular weight excluding hydrogens is 483 g/mol. The molecule has 1 N–H and O–H groups in total. The van der Waals surface area contributed by atoms with E-state index >= 15 is 0 Å². The Morgan fingerprint density at radius 2 is 1.85 bits per heavy atom. The Labute approximate surface area is 204 Å². The van der Waals surface area contributed by atoms with Gasteiger partial charge in [-0.05, 0) is 30.2 Å². The number of sulfonamides is 1. The minimum Gasteiger partial charge on any atom is -0.368 e. The van der Waals surface area contributed by atoms with Gasteiger partial charge in [-0.1, -0.05) is 53.5 Å². The SMILES string of the molecule is Cc1cc(S(=O)(=O)N(C)CC=CC(=O)N(C)Cc2ccc(C3=NCCN3)cc2)c(Cl)cc1Cl. The van der Waals surface area contributed by atoms with E-state index in [0.717, 1.165) is 34.4 Å². The highest BCUT2D eigenvalue weighted by Gasteiger charge is 2.24. The lowest BCUT2D eigenvalue weighted by atomic mass is 10.1. The predicted octanol–water partition coefficient (Wildman–Crippen LogP) is 3.49. The molecule has 0 saturated carbocycles. The summed E-state index contributed by atoms with van der Waals surface area (Å²) >= 11 is 12.1. The van der Waals surface area contributed by atoms with Gasteiger partial charge in [0.25, 0.3) is 0 Å². The molecular formula is C23H26Cl2N4O3S. The van der Waals surface area contributed by atoms with Gasteiger partial charge in [0.2, 0.25) is 15.9 Å². The second-order valence-electron chi connectivity index (χ2n) is 7.77. The molecule has 33 heavy (non-hydrogen) atoms. The van der Waals surface area contributed by atoms with Crippen LogP contribution in [0.25, 0.3) is 0 Å². The van der Waals surface area contributed by atoms with E-state index in [1.165, 1.54) is 31.3 Å². The van der Waals surface area contributed by atoms with E-state index < -0.39 is 10.0 Å². The van der Waals surface area contributed by atoms with E-state index in [2.05, 4.69) is 10.3 Å². The molecule has 1 aliphatic heterocycles. The van der Waals surface area contributed by atoms with Gasteiger partial charge in [0.15, 0.2) is 0 Å². The third kappa shape index (κ3) is 6.14. The Kier molecular flexibility index (Phi) is 8.18. The molecule has 10 heteroatoms. The molecule has 1 aliphatic rings. The highest BCUT2D eigenvalue weighted by Crippen LogP contribution is 2.29. The maximum absolute atomic E-state index is 12.8. The molecule has 176 valence electrons. The van der Waals surface area contributed by atoms with Crippen LogP contribution in [0.1, 0.15) is 16.7 Å². The number of aliphatic imine (C=N–C) groups is 1. The number of benzene rings is 2. The Balaban J connectivity index is 1.58. The summed E-state index contributed by atoms with van der Waals surface area (Å²) in [5, 5.41) is 3.68. The summed E-state index contributed by atoms with van der Waals surface area (Å²) < 4.78 is 26.8. The van der Waals surface area contributed by atoms with Crippen LogP contribution in [-0.4, -0.2) is 63.1 Å². The lowest BCUT2D eigenvalue weighted by molar-refractivity contribution is -0.125. The molecule has 0 radical (unpaired) electrons. The Hall–Kier alpha value is -2.39. The maximum Gasteiger partial charge on any atom is 0.246 e. The first-order valence-corrected chi connectivity index (χ1v) is 12.5. The minimum absolute atomic E-state index is 0.0176. The molecule has 3 rings (SSSR count). The van der Waals surface area contributed by atoms with Crippen molar-refractivity contribution in [3.05, 3.63) is 75.3 Å². The first-order chi connectivity index (χ1) is 15.6. The zero-order chi connectivity index (χ0) is 24.2. The van der Waals surface area contributed by atoms with Crippen LogP contribution in [-0.2, 0) is 21.4 Å². The number of nitrogens with one attached hydrogen (secondary N) is 1.